The zero-order valence-electron chi connectivity index (χ0n) is 20.0. The van der Waals surface area contributed by atoms with E-state index in [-0.39, 0.29) is 18.0 Å². The second kappa shape index (κ2) is 12.4. The first kappa shape index (κ1) is 26.3. The average Bonchev–Trinajstić information content (AvgIpc) is 3.33. The Hall–Kier alpha value is -2.31. The Morgan fingerprint density at radius 1 is 1.18 bits per heavy atom. The van der Waals surface area contributed by atoms with Gasteiger partial charge in [0.15, 0.2) is 5.82 Å². The molecule has 0 radical (unpaired) electrons. The zero-order chi connectivity index (χ0) is 24.7. The predicted molar refractivity (Wildman–Crippen MR) is 124 cm³/mol. The number of nitrogens with one attached hydrogen (secondary N) is 1. The summed E-state index contributed by atoms with van der Waals surface area (Å²) in [6, 6.07) is 5.16. The van der Waals surface area contributed by atoms with Gasteiger partial charge in [-0.15, -0.1) is 0 Å². The van der Waals surface area contributed by atoms with Crippen molar-refractivity contribution in [1.29, 1.82) is 0 Å². The molecule has 0 amide bonds. The predicted octanol–water partition coefficient (Wildman–Crippen LogP) is 1.25. The van der Waals surface area contributed by atoms with Crippen LogP contribution in [-0.4, -0.2) is 88.4 Å². The van der Waals surface area contributed by atoms with Gasteiger partial charge in [0.1, 0.15) is 17.8 Å². The summed E-state index contributed by atoms with van der Waals surface area (Å²) in [6.45, 7) is 9.52. The quantitative estimate of drug-likeness (QED) is 0.329. The van der Waals surface area contributed by atoms with Gasteiger partial charge in [-0.1, -0.05) is 19.0 Å². The van der Waals surface area contributed by atoms with Crippen molar-refractivity contribution in [3.63, 3.8) is 0 Å². The van der Waals surface area contributed by atoms with E-state index in [0.717, 1.165) is 38.4 Å². The molecule has 190 valence electrons. The third-order valence-electron chi connectivity index (χ3n) is 5.98. The SMILES string of the molecule is CC(C)c1noc(N2CCN(C(C)CCOc3ccc(C(O)NC[C@@H](O)CO)c(F)c3)CC2)n1. The van der Waals surface area contributed by atoms with E-state index >= 15 is 0 Å². The van der Waals surface area contributed by atoms with Crippen molar-refractivity contribution in [3.05, 3.63) is 35.4 Å². The van der Waals surface area contributed by atoms with Gasteiger partial charge in [-0.3, -0.25) is 10.2 Å². The number of piperazine rings is 1. The standard InChI is InChI=1S/C23H36FN5O5/c1-15(2)21-26-23(34-27-21)29-9-7-28(8-10-29)16(3)6-11-33-18-4-5-19(20(24)12-18)22(32)25-13-17(31)14-30/h4-5,12,15-17,22,25,30-32H,6-11,13-14H2,1-3H3/t16?,17-,22?/m1/s1. The fourth-order valence-electron chi connectivity index (χ4n) is 3.71. The Kier molecular flexibility index (Phi) is 9.60. The molecule has 34 heavy (non-hydrogen) atoms. The Morgan fingerprint density at radius 2 is 1.91 bits per heavy atom. The summed E-state index contributed by atoms with van der Waals surface area (Å²) >= 11 is 0. The smallest absolute Gasteiger partial charge is 0.324 e. The lowest BCUT2D eigenvalue weighted by molar-refractivity contribution is 0.0657. The van der Waals surface area contributed by atoms with Gasteiger partial charge in [0.05, 0.1) is 19.3 Å². The summed E-state index contributed by atoms with van der Waals surface area (Å²) in [5, 5.41) is 34.8. The molecular formula is C23H36FN5O5. The summed E-state index contributed by atoms with van der Waals surface area (Å²) in [5.74, 6) is 0.731. The molecule has 2 unspecified atom stereocenters. The van der Waals surface area contributed by atoms with Crippen molar-refractivity contribution < 1.29 is 29.0 Å². The summed E-state index contributed by atoms with van der Waals surface area (Å²) < 4.78 is 25.5. The topological polar surface area (TPSA) is 127 Å². The molecule has 1 saturated heterocycles. The normalized spacial score (nSPS) is 17.7. The summed E-state index contributed by atoms with van der Waals surface area (Å²) in [5.41, 5.74) is 0.0468. The fraction of sp³-hybridized carbons (Fsp3) is 0.652. The van der Waals surface area contributed by atoms with Gasteiger partial charge in [-0.2, -0.15) is 4.98 Å². The largest absolute Gasteiger partial charge is 0.493 e. The van der Waals surface area contributed by atoms with E-state index in [0.29, 0.717) is 24.4 Å². The number of aromatic nitrogens is 2. The van der Waals surface area contributed by atoms with Gasteiger partial charge in [0.25, 0.3) is 0 Å². The lowest BCUT2D eigenvalue weighted by atomic mass is 10.1. The van der Waals surface area contributed by atoms with E-state index < -0.39 is 24.8 Å². The molecule has 1 aliphatic heterocycles. The van der Waals surface area contributed by atoms with Crippen molar-refractivity contribution in [1.82, 2.24) is 20.4 Å². The number of rotatable bonds is 12. The van der Waals surface area contributed by atoms with Crippen LogP contribution in [0.5, 0.6) is 5.75 Å². The minimum absolute atomic E-state index is 0.0468. The highest BCUT2D eigenvalue weighted by molar-refractivity contribution is 5.30. The maximum Gasteiger partial charge on any atom is 0.324 e. The van der Waals surface area contributed by atoms with E-state index in [1.165, 1.54) is 12.1 Å². The van der Waals surface area contributed by atoms with E-state index in [1.807, 2.05) is 13.8 Å². The molecule has 4 N–H and O–H groups in total. The Labute approximate surface area is 199 Å². The number of nitrogens with zero attached hydrogens (tertiary/aromatic N) is 4. The molecule has 10 nitrogen and oxygen atoms in total. The molecule has 0 spiro atoms. The van der Waals surface area contributed by atoms with Gasteiger partial charge >= 0.3 is 6.01 Å². The number of anilines is 1. The second-order valence-corrected chi connectivity index (χ2v) is 8.93. The average molecular weight is 482 g/mol. The molecule has 0 aliphatic carbocycles. The minimum Gasteiger partial charge on any atom is -0.493 e. The molecule has 0 bridgehead atoms. The van der Waals surface area contributed by atoms with Crippen molar-refractivity contribution in [2.75, 3.05) is 50.8 Å². The number of aliphatic hydroxyl groups excluding tert-OH is 3. The van der Waals surface area contributed by atoms with Gasteiger partial charge in [-0.05, 0) is 25.5 Å². The lowest BCUT2D eigenvalue weighted by Gasteiger charge is -2.37. The molecule has 0 saturated carbocycles. The first-order valence-electron chi connectivity index (χ1n) is 11.7. The number of benzene rings is 1. The van der Waals surface area contributed by atoms with E-state index in [1.54, 1.807) is 6.07 Å². The highest BCUT2D eigenvalue weighted by Gasteiger charge is 2.24. The van der Waals surface area contributed by atoms with Crippen LogP contribution in [0.2, 0.25) is 0 Å². The highest BCUT2D eigenvalue weighted by atomic mass is 19.1. The van der Waals surface area contributed by atoms with Crippen LogP contribution in [0.4, 0.5) is 10.4 Å². The molecule has 1 aromatic carbocycles. The van der Waals surface area contributed by atoms with Crippen LogP contribution in [0, 0.1) is 5.82 Å². The van der Waals surface area contributed by atoms with Crippen LogP contribution in [0.3, 0.4) is 0 Å². The maximum atomic E-state index is 14.4. The van der Waals surface area contributed by atoms with Crippen molar-refractivity contribution in [2.45, 2.75) is 51.5 Å². The van der Waals surface area contributed by atoms with Crippen LogP contribution in [0.25, 0.3) is 0 Å². The summed E-state index contributed by atoms with van der Waals surface area (Å²) in [6.07, 6.45) is -1.54. The number of ether oxygens (including phenoxy) is 1. The molecule has 1 fully saturated rings. The molecule has 2 heterocycles. The second-order valence-electron chi connectivity index (χ2n) is 8.93. The van der Waals surface area contributed by atoms with E-state index in [2.05, 4.69) is 32.2 Å². The number of aliphatic hydroxyl groups is 3. The van der Waals surface area contributed by atoms with Gasteiger partial charge in [-0.25, -0.2) is 4.39 Å². The van der Waals surface area contributed by atoms with Crippen molar-refractivity contribution >= 4 is 6.01 Å². The molecule has 2 aromatic rings. The Morgan fingerprint density at radius 3 is 2.53 bits per heavy atom. The Bertz CT molecular complexity index is 890. The summed E-state index contributed by atoms with van der Waals surface area (Å²) in [4.78, 5) is 8.96. The molecule has 11 heteroatoms. The highest BCUT2D eigenvalue weighted by Crippen LogP contribution is 2.22. The van der Waals surface area contributed by atoms with Gasteiger partial charge in [0.2, 0.25) is 0 Å². The number of hydrogen-bond donors (Lipinski definition) is 4. The summed E-state index contributed by atoms with van der Waals surface area (Å²) in [7, 11) is 0. The first-order chi connectivity index (χ1) is 16.3. The molecule has 1 aromatic heterocycles. The van der Waals surface area contributed by atoms with E-state index in [9.17, 15) is 14.6 Å². The Balaban J connectivity index is 1.40. The maximum absolute atomic E-state index is 14.4. The molecule has 3 atom stereocenters. The number of hydrogen-bond acceptors (Lipinski definition) is 10. The van der Waals surface area contributed by atoms with Crippen LogP contribution in [0.15, 0.2) is 22.7 Å². The fourth-order valence-corrected chi connectivity index (χ4v) is 3.71. The lowest BCUT2D eigenvalue weighted by Crippen LogP contribution is -2.50. The minimum atomic E-state index is -1.29. The van der Waals surface area contributed by atoms with Crippen LogP contribution in [0.1, 0.15) is 50.7 Å². The van der Waals surface area contributed by atoms with Crippen LogP contribution >= 0.6 is 0 Å². The van der Waals surface area contributed by atoms with Crippen LogP contribution in [-0.2, 0) is 0 Å². The van der Waals surface area contributed by atoms with Crippen LogP contribution < -0.4 is 15.0 Å². The van der Waals surface area contributed by atoms with Gasteiger partial charge < -0.3 is 29.5 Å². The zero-order valence-corrected chi connectivity index (χ0v) is 20.0. The third kappa shape index (κ3) is 7.09. The molecule has 1 aliphatic rings. The van der Waals surface area contributed by atoms with E-state index in [4.69, 9.17) is 14.4 Å². The van der Waals surface area contributed by atoms with Crippen molar-refractivity contribution in [2.24, 2.45) is 0 Å². The van der Waals surface area contributed by atoms with Crippen molar-refractivity contribution in [3.8, 4) is 5.75 Å². The molecule has 3 rings (SSSR count). The van der Waals surface area contributed by atoms with Gasteiger partial charge in [0, 0.05) is 56.3 Å². The third-order valence-corrected chi connectivity index (χ3v) is 5.98. The molecular weight excluding hydrogens is 445 g/mol. The number of halogens is 1. The monoisotopic (exact) mass is 481 g/mol. The first-order valence-corrected chi connectivity index (χ1v) is 11.7.